The topological polar surface area (TPSA) is 62.7 Å². The Labute approximate surface area is 152 Å². The molecule has 134 valence electrons. The summed E-state index contributed by atoms with van der Waals surface area (Å²) >= 11 is 0. The average molecular weight is 350 g/mol. The van der Waals surface area contributed by atoms with Gasteiger partial charge in [0.15, 0.2) is 0 Å². The van der Waals surface area contributed by atoms with E-state index in [9.17, 15) is 9.90 Å². The number of hydrogen-bond acceptors (Lipinski definition) is 5. The van der Waals surface area contributed by atoms with Crippen molar-refractivity contribution in [2.24, 2.45) is 0 Å². The summed E-state index contributed by atoms with van der Waals surface area (Å²) in [7, 11) is 1.37. The highest BCUT2D eigenvalue weighted by Gasteiger charge is 2.15. The second-order valence-corrected chi connectivity index (χ2v) is 6.03. The Bertz CT molecular complexity index is 881. The minimum Gasteiger partial charge on any atom is -0.469 e. The second kappa shape index (κ2) is 8.45. The number of nitrogens with zero attached hydrogens (tertiary/aromatic N) is 2. The SMILES string of the molecule is COC(=O)Cc1cc(N(CCO)Cc2ccccc2)c2ccccc2n1. The van der Waals surface area contributed by atoms with Gasteiger partial charge in [-0.2, -0.15) is 0 Å². The lowest BCUT2D eigenvalue weighted by Gasteiger charge is -2.26. The van der Waals surface area contributed by atoms with E-state index in [0.717, 1.165) is 22.2 Å². The van der Waals surface area contributed by atoms with Crippen LogP contribution in [0.3, 0.4) is 0 Å². The van der Waals surface area contributed by atoms with E-state index in [1.54, 1.807) is 0 Å². The molecule has 1 N–H and O–H groups in total. The van der Waals surface area contributed by atoms with Gasteiger partial charge < -0.3 is 14.7 Å². The number of fused-ring (bicyclic) bond motifs is 1. The molecule has 1 aromatic heterocycles. The van der Waals surface area contributed by atoms with Crippen molar-refractivity contribution >= 4 is 22.6 Å². The Morgan fingerprint density at radius 2 is 1.85 bits per heavy atom. The molecule has 3 rings (SSSR count). The highest BCUT2D eigenvalue weighted by Crippen LogP contribution is 2.28. The standard InChI is InChI=1S/C21H22N2O3/c1-26-21(25)14-17-13-20(18-9-5-6-10-19(18)22-17)23(11-12-24)15-16-7-3-2-4-8-16/h2-10,13,24H,11-12,14-15H2,1H3. The first-order valence-electron chi connectivity index (χ1n) is 8.56. The molecule has 0 amide bonds. The zero-order chi connectivity index (χ0) is 18.4. The molecule has 0 atom stereocenters. The third-order valence-corrected chi connectivity index (χ3v) is 4.23. The minimum absolute atomic E-state index is 0.0375. The predicted octanol–water partition coefficient (Wildman–Crippen LogP) is 2.95. The molecule has 5 nitrogen and oxygen atoms in total. The summed E-state index contributed by atoms with van der Waals surface area (Å²) in [6.07, 6.45) is 0.118. The van der Waals surface area contributed by atoms with Gasteiger partial charge in [-0.3, -0.25) is 9.78 Å². The van der Waals surface area contributed by atoms with Crippen molar-refractivity contribution in [2.45, 2.75) is 13.0 Å². The van der Waals surface area contributed by atoms with Crippen LogP contribution in [0.5, 0.6) is 0 Å². The van der Waals surface area contributed by atoms with Gasteiger partial charge in [0.25, 0.3) is 0 Å². The monoisotopic (exact) mass is 350 g/mol. The van der Waals surface area contributed by atoms with Crippen LogP contribution in [-0.4, -0.2) is 36.3 Å². The molecule has 26 heavy (non-hydrogen) atoms. The van der Waals surface area contributed by atoms with Crippen molar-refractivity contribution < 1.29 is 14.6 Å². The molecule has 0 saturated carbocycles. The normalized spacial score (nSPS) is 10.7. The van der Waals surface area contributed by atoms with Crippen LogP contribution < -0.4 is 4.90 Å². The van der Waals surface area contributed by atoms with Gasteiger partial charge in [-0.05, 0) is 17.7 Å². The lowest BCUT2D eigenvalue weighted by molar-refractivity contribution is -0.139. The largest absolute Gasteiger partial charge is 0.469 e. The van der Waals surface area contributed by atoms with Crippen molar-refractivity contribution in [3.05, 3.63) is 71.9 Å². The Balaban J connectivity index is 2.05. The van der Waals surface area contributed by atoms with Gasteiger partial charge in [0.1, 0.15) is 0 Å². The van der Waals surface area contributed by atoms with Crippen LogP contribution in [-0.2, 0) is 22.5 Å². The number of pyridine rings is 1. The maximum Gasteiger partial charge on any atom is 0.311 e. The first-order chi connectivity index (χ1) is 12.7. The number of aliphatic hydroxyl groups excluding tert-OH is 1. The molecule has 0 spiro atoms. The maximum absolute atomic E-state index is 11.7. The Morgan fingerprint density at radius 3 is 2.58 bits per heavy atom. The predicted molar refractivity (Wildman–Crippen MR) is 102 cm³/mol. The summed E-state index contributed by atoms with van der Waals surface area (Å²) in [6, 6.07) is 19.8. The molecule has 0 unspecified atom stereocenters. The van der Waals surface area contributed by atoms with Crippen LogP contribution >= 0.6 is 0 Å². The van der Waals surface area contributed by atoms with Gasteiger partial charge in [0.05, 0.1) is 31.3 Å². The number of para-hydroxylation sites is 1. The Morgan fingerprint density at radius 1 is 1.12 bits per heavy atom. The van der Waals surface area contributed by atoms with Crippen LogP contribution in [0.25, 0.3) is 10.9 Å². The number of aliphatic hydroxyl groups is 1. The van der Waals surface area contributed by atoms with Gasteiger partial charge >= 0.3 is 5.97 Å². The van der Waals surface area contributed by atoms with E-state index in [0.29, 0.717) is 18.8 Å². The van der Waals surface area contributed by atoms with E-state index in [4.69, 9.17) is 4.74 Å². The fourth-order valence-corrected chi connectivity index (χ4v) is 2.99. The molecule has 1 heterocycles. The molecular formula is C21H22N2O3. The number of hydrogen-bond donors (Lipinski definition) is 1. The number of rotatable bonds is 7. The zero-order valence-corrected chi connectivity index (χ0v) is 14.8. The molecule has 0 saturated heterocycles. The van der Waals surface area contributed by atoms with Gasteiger partial charge in [0, 0.05) is 24.2 Å². The molecule has 5 heteroatoms. The summed E-state index contributed by atoms with van der Waals surface area (Å²) in [5.74, 6) is -0.324. The summed E-state index contributed by atoms with van der Waals surface area (Å²) in [5.41, 5.74) is 3.57. The summed E-state index contributed by atoms with van der Waals surface area (Å²) in [5, 5.41) is 10.6. The number of ether oxygens (including phenoxy) is 1. The molecule has 0 bridgehead atoms. The molecule has 0 aliphatic rings. The molecule has 0 aliphatic carbocycles. The lowest BCUT2D eigenvalue weighted by atomic mass is 10.1. The van der Waals surface area contributed by atoms with Crippen LogP contribution in [0.1, 0.15) is 11.3 Å². The number of benzene rings is 2. The lowest BCUT2D eigenvalue weighted by Crippen LogP contribution is -2.26. The van der Waals surface area contributed by atoms with Crippen molar-refractivity contribution in [2.75, 3.05) is 25.2 Å². The van der Waals surface area contributed by atoms with E-state index in [1.165, 1.54) is 7.11 Å². The zero-order valence-electron chi connectivity index (χ0n) is 14.8. The van der Waals surface area contributed by atoms with E-state index < -0.39 is 0 Å². The van der Waals surface area contributed by atoms with Gasteiger partial charge in [-0.1, -0.05) is 48.5 Å². The maximum atomic E-state index is 11.7. The van der Waals surface area contributed by atoms with Crippen molar-refractivity contribution in [1.82, 2.24) is 4.98 Å². The van der Waals surface area contributed by atoms with E-state index in [1.807, 2.05) is 48.5 Å². The number of esters is 1. The van der Waals surface area contributed by atoms with E-state index >= 15 is 0 Å². The highest BCUT2D eigenvalue weighted by atomic mass is 16.5. The van der Waals surface area contributed by atoms with Gasteiger partial charge in [0.2, 0.25) is 0 Å². The average Bonchev–Trinajstić information content (AvgIpc) is 2.67. The van der Waals surface area contributed by atoms with Crippen molar-refractivity contribution in [3.63, 3.8) is 0 Å². The number of carbonyl (C=O) groups excluding carboxylic acids is 1. The molecule has 0 radical (unpaired) electrons. The summed E-state index contributed by atoms with van der Waals surface area (Å²) < 4.78 is 4.78. The molecular weight excluding hydrogens is 328 g/mol. The smallest absolute Gasteiger partial charge is 0.311 e. The number of methoxy groups -OCH3 is 1. The second-order valence-electron chi connectivity index (χ2n) is 6.03. The van der Waals surface area contributed by atoms with Gasteiger partial charge in [-0.25, -0.2) is 0 Å². The van der Waals surface area contributed by atoms with E-state index in [2.05, 4.69) is 22.0 Å². The number of aromatic nitrogens is 1. The fourth-order valence-electron chi connectivity index (χ4n) is 2.99. The Kier molecular flexibility index (Phi) is 5.81. The third kappa shape index (κ3) is 4.18. The third-order valence-electron chi connectivity index (χ3n) is 4.23. The summed E-state index contributed by atoms with van der Waals surface area (Å²) in [6.45, 7) is 1.18. The fraction of sp³-hybridized carbons (Fsp3) is 0.238. The van der Waals surface area contributed by atoms with Gasteiger partial charge in [-0.15, -0.1) is 0 Å². The van der Waals surface area contributed by atoms with Crippen LogP contribution in [0, 0.1) is 0 Å². The van der Waals surface area contributed by atoms with Crippen molar-refractivity contribution in [1.29, 1.82) is 0 Å². The summed E-state index contributed by atoms with van der Waals surface area (Å²) in [4.78, 5) is 18.4. The van der Waals surface area contributed by atoms with Crippen LogP contribution in [0.4, 0.5) is 5.69 Å². The van der Waals surface area contributed by atoms with Crippen molar-refractivity contribution in [3.8, 4) is 0 Å². The van der Waals surface area contributed by atoms with Crippen LogP contribution in [0.2, 0.25) is 0 Å². The molecule has 0 aliphatic heterocycles. The minimum atomic E-state index is -0.324. The molecule has 0 fully saturated rings. The first-order valence-corrected chi connectivity index (χ1v) is 8.56. The quantitative estimate of drug-likeness (QED) is 0.664. The molecule has 3 aromatic rings. The highest BCUT2D eigenvalue weighted by molar-refractivity contribution is 5.92. The van der Waals surface area contributed by atoms with E-state index in [-0.39, 0.29) is 19.0 Å². The van der Waals surface area contributed by atoms with Crippen LogP contribution in [0.15, 0.2) is 60.7 Å². The Hall–Kier alpha value is -2.92. The first kappa shape index (κ1) is 17.9. The number of anilines is 1. The number of carbonyl (C=O) groups is 1. The molecule has 2 aromatic carbocycles.